The molecule has 1 N–H and O–H groups in total. The third-order valence-corrected chi connectivity index (χ3v) is 2.39. The Morgan fingerprint density at radius 2 is 2.00 bits per heavy atom. The number of Topliss-reactive ketones (excluding diaryl/α,β-unsaturated/α-hetero) is 2. The molecule has 1 fully saturated rings. The minimum atomic E-state index is -0.626. The molecule has 1 unspecified atom stereocenters. The standard InChI is InChI=1S/C10H10O4/c1-2-3-5-6(4-11)8(13)10-9(14-10)7(5)12/h2-3,9-11H,4H2,1H3/b3-2+/t9?,10-/m1/s1. The molecule has 4 heteroatoms. The topological polar surface area (TPSA) is 66.9 Å². The van der Waals surface area contributed by atoms with E-state index in [4.69, 9.17) is 9.84 Å². The van der Waals surface area contributed by atoms with Gasteiger partial charge in [0, 0.05) is 11.1 Å². The van der Waals surface area contributed by atoms with Crippen LogP contribution in [-0.2, 0) is 14.3 Å². The van der Waals surface area contributed by atoms with Crippen molar-refractivity contribution in [3.63, 3.8) is 0 Å². The molecule has 1 aliphatic carbocycles. The number of aliphatic hydroxyl groups excluding tert-OH is 1. The van der Waals surface area contributed by atoms with Crippen molar-refractivity contribution in [1.29, 1.82) is 0 Å². The maximum absolute atomic E-state index is 11.6. The number of carbonyl (C=O) groups is 2. The number of ketones is 2. The Bertz CT molecular complexity index is 364. The third kappa shape index (κ3) is 1.15. The number of aliphatic hydroxyl groups is 1. The van der Waals surface area contributed by atoms with E-state index in [9.17, 15) is 9.59 Å². The summed E-state index contributed by atoms with van der Waals surface area (Å²) in [7, 11) is 0. The number of allylic oxidation sites excluding steroid dienone is 2. The Balaban J connectivity index is 2.46. The number of carbonyl (C=O) groups excluding carboxylic acids is 2. The number of rotatable bonds is 2. The van der Waals surface area contributed by atoms with Crippen molar-refractivity contribution in [1.82, 2.24) is 0 Å². The fourth-order valence-electron chi connectivity index (χ4n) is 1.63. The smallest absolute Gasteiger partial charge is 0.195 e. The molecular weight excluding hydrogens is 184 g/mol. The van der Waals surface area contributed by atoms with Crippen molar-refractivity contribution in [3.8, 4) is 0 Å². The normalized spacial score (nSPS) is 31.3. The van der Waals surface area contributed by atoms with Crippen molar-refractivity contribution in [3.05, 3.63) is 23.3 Å². The van der Waals surface area contributed by atoms with E-state index >= 15 is 0 Å². The maximum Gasteiger partial charge on any atom is 0.195 e. The molecule has 0 aromatic heterocycles. The quantitative estimate of drug-likeness (QED) is 0.616. The Hall–Kier alpha value is -1.26. The first-order valence-corrected chi connectivity index (χ1v) is 4.41. The molecule has 2 rings (SSSR count). The number of hydrogen-bond donors (Lipinski definition) is 1. The Morgan fingerprint density at radius 1 is 1.36 bits per heavy atom. The zero-order chi connectivity index (χ0) is 10.3. The highest BCUT2D eigenvalue weighted by Gasteiger charge is 2.55. The van der Waals surface area contributed by atoms with Gasteiger partial charge in [0.1, 0.15) is 0 Å². The first-order valence-electron chi connectivity index (χ1n) is 4.41. The minimum absolute atomic E-state index is 0.173. The van der Waals surface area contributed by atoms with Gasteiger partial charge >= 0.3 is 0 Å². The van der Waals surface area contributed by atoms with Crippen LogP contribution in [0.4, 0.5) is 0 Å². The first kappa shape index (κ1) is 9.30. The van der Waals surface area contributed by atoms with Crippen molar-refractivity contribution < 1.29 is 19.4 Å². The number of hydrogen-bond acceptors (Lipinski definition) is 4. The first-order chi connectivity index (χ1) is 6.70. The average Bonchev–Trinajstić information content (AvgIpc) is 2.94. The van der Waals surface area contributed by atoms with Gasteiger partial charge in [-0.1, -0.05) is 12.2 Å². The van der Waals surface area contributed by atoms with Crippen molar-refractivity contribution >= 4 is 11.6 Å². The summed E-state index contributed by atoms with van der Waals surface area (Å²) < 4.78 is 4.93. The predicted octanol–water partition coefficient (Wildman–Crippen LogP) is -0.229. The molecule has 4 nitrogen and oxygen atoms in total. The zero-order valence-corrected chi connectivity index (χ0v) is 7.69. The molecule has 14 heavy (non-hydrogen) atoms. The van der Waals surface area contributed by atoms with E-state index in [-0.39, 0.29) is 17.1 Å². The second-order valence-corrected chi connectivity index (χ2v) is 3.26. The van der Waals surface area contributed by atoms with Crippen LogP contribution in [-0.4, -0.2) is 35.5 Å². The molecule has 74 valence electrons. The monoisotopic (exact) mass is 194 g/mol. The van der Waals surface area contributed by atoms with Crippen LogP contribution >= 0.6 is 0 Å². The largest absolute Gasteiger partial charge is 0.392 e. The highest BCUT2D eigenvalue weighted by molar-refractivity contribution is 6.20. The van der Waals surface area contributed by atoms with Gasteiger partial charge in [0.25, 0.3) is 0 Å². The SMILES string of the molecule is C/C=C/C1=C(CO)C(=O)[C@H]2OC2C1=O. The van der Waals surface area contributed by atoms with E-state index in [1.54, 1.807) is 19.1 Å². The van der Waals surface area contributed by atoms with E-state index < -0.39 is 18.8 Å². The molecule has 0 amide bonds. The Labute approximate surface area is 80.9 Å². The van der Waals surface area contributed by atoms with Gasteiger partial charge in [-0.3, -0.25) is 9.59 Å². The fraction of sp³-hybridized carbons (Fsp3) is 0.400. The lowest BCUT2D eigenvalue weighted by Gasteiger charge is -2.10. The van der Waals surface area contributed by atoms with Crippen LogP contribution in [0.5, 0.6) is 0 Å². The molecular formula is C10H10O4. The van der Waals surface area contributed by atoms with Gasteiger partial charge in [-0.05, 0) is 6.92 Å². The summed E-state index contributed by atoms with van der Waals surface area (Å²) in [6.45, 7) is 1.34. The third-order valence-electron chi connectivity index (χ3n) is 2.39. The molecule has 2 aliphatic rings. The van der Waals surface area contributed by atoms with Gasteiger partial charge in [0.05, 0.1) is 6.61 Å². The van der Waals surface area contributed by atoms with Gasteiger partial charge in [-0.25, -0.2) is 0 Å². The van der Waals surface area contributed by atoms with E-state index in [1.165, 1.54) is 0 Å². The number of fused-ring (bicyclic) bond motifs is 1. The van der Waals surface area contributed by atoms with Gasteiger partial charge < -0.3 is 9.84 Å². The molecule has 0 aromatic rings. The Kier molecular flexibility index (Phi) is 2.09. The summed E-state index contributed by atoms with van der Waals surface area (Å²) in [5.41, 5.74) is 0.464. The van der Waals surface area contributed by atoms with Crippen LogP contribution in [0, 0.1) is 0 Å². The van der Waals surface area contributed by atoms with Crippen LogP contribution in [0.1, 0.15) is 6.92 Å². The fourth-order valence-corrected chi connectivity index (χ4v) is 1.63. The second-order valence-electron chi connectivity index (χ2n) is 3.26. The summed E-state index contributed by atoms with van der Waals surface area (Å²) in [6, 6.07) is 0. The molecule has 1 heterocycles. The van der Waals surface area contributed by atoms with Crippen molar-refractivity contribution in [2.24, 2.45) is 0 Å². The van der Waals surface area contributed by atoms with Crippen molar-refractivity contribution in [2.45, 2.75) is 19.1 Å². The molecule has 0 spiro atoms. The van der Waals surface area contributed by atoms with Crippen LogP contribution < -0.4 is 0 Å². The van der Waals surface area contributed by atoms with Crippen LogP contribution in [0.15, 0.2) is 23.3 Å². The van der Waals surface area contributed by atoms with E-state index in [1.807, 2.05) is 0 Å². The molecule has 0 radical (unpaired) electrons. The number of ether oxygens (including phenoxy) is 1. The summed E-state index contributed by atoms with van der Waals surface area (Å²) in [4.78, 5) is 23.1. The molecule has 0 saturated carbocycles. The summed E-state index contributed by atoms with van der Waals surface area (Å²) in [5.74, 6) is -0.457. The summed E-state index contributed by atoms with van der Waals surface area (Å²) in [6.07, 6.45) is 1.99. The van der Waals surface area contributed by atoms with Gasteiger partial charge in [-0.2, -0.15) is 0 Å². The van der Waals surface area contributed by atoms with E-state index in [0.717, 1.165) is 0 Å². The van der Waals surface area contributed by atoms with E-state index in [2.05, 4.69) is 0 Å². The Morgan fingerprint density at radius 3 is 2.57 bits per heavy atom. The lowest BCUT2D eigenvalue weighted by atomic mass is 9.90. The molecule has 2 atom stereocenters. The number of epoxide rings is 1. The molecule has 1 saturated heterocycles. The van der Waals surface area contributed by atoms with Crippen LogP contribution in [0.2, 0.25) is 0 Å². The summed E-state index contributed by atoms with van der Waals surface area (Å²) >= 11 is 0. The second kappa shape index (κ2) is 3.15. The molecule has 0 bridgehead atoms. The highest BCUT2D eigenvalue weighted by atomic mass is 16.6. The van der Waals surface area contributed by atoms with Crippen molar-refractivity contribution in [2.75, 3.05) is 6.61 Å². The van der Waals surface area contributed by atoms with Crippen LogP contribution in [0.3, 0.4) is 0 Å². The van der Waals surface area contributed by atoms with Gasteiger partial charge in [0.2, 0.25) is 0 Å². The average molecular weight is 194 g/mol. The lowest BCUT2D eigenvalue weighted by molar-refractivity contribution is -0.120. The van der Waals surface area contributed by atoms with Gasteiger partial charge in [-0.15, -0.1) is 0 Å². The lowest BCUT2D eigenvalue weighted by Crippen LogP contribution is -2.28. The van der Waals surface area contributed by atoms with Gasteiger partial charge in [0.15, 0.2) is 23.8 Å². The molecule has 1 aliphatic heterocycles. The summed E-state index contributed by atoms with van der Waals surface area (Å²) in [5, 5.41) is 8.99. The molecule has 0 aromatic carbocycles. The highest BCUT2D eigenvalue weighted by Crippen LogP contribution is 2.35. The van der Waals surface area contributed by atoms with Crippen LogP contribution in [0.25, 0.3) is 0 Å². The zero-order valence-electron chi connectivity index (χ0n) is 7.69. The predicted molar refractivity (Wildman–Crippen MR) is 47.6 cm³/mol. The maximum atomic E-state index is 11.6. The minimum Gasteiger partial charge on any atom is -0.392 e. The van der Waals surface area contributed by atoms with E-state index in [0.29, 0.717) is 5.57 Å².